The third-order valence-electron chi connectivity index (χ3n) is 0.827. The van der Waals surface area contributed by atoms with E-state index in [0.717, 1.165) is 18.3 Å². The molecule has 59 valence electrons. The molecule has 0 saturated carbocycles. The minimum atomic E-state index is -0.242. The van der Waals surface area contributed by atoms with E-state index in [1.165, 1.54) is 0 Å². The van der Waals surface area contributed by atoms with Crippen molar-refractivity contribution in [2.75, 3.05) is 6.54 Å². The van der Waals surface area contributed by atoms with Crippen molar-refractivity contribution < 1.29 is 28.5 Å². The van der Waals surface area contributed by atoms with E-state index in [0.29, 0.717) is 6.54 Å². The Balaban J connectivity index is 3.44. The van der Waals surface area contributed by atoms with Gasteiger partial charge in [-0.2, -0.15) is 0 Å². The Morgan fingerprint density at radius 1 is 1.36 bits per heavy atom. The summed E-state index contributed by atoms with van der Waals surface area (Å²) in [5.74, 6) is 0. The van der Waals surface area contributed by atoms with E-state index in [1.807, 2.05) is 0 Å². The van der Waals surface area contributed by atoms with Crippen LogP contribution in [0.3, 0.4) is 0 Å². The van der Waals surface area contributed by atoms with Crippen LogP contribution in [0, 0.1) is 0 Å². The molecular weight excluding hydrogens is 238 g/mol. The fourth-order valence-corrected chi connectivity index (χ4v) is 1.71. The predicted molar refractivity (Wildman–Crippen MR) is 45.4 cm³/mol. The molecule has 4 nitrogen and oxygen atoms in total. The van der Waals surface area contributed by atoms with Crippen molar-refractivity contribution in [3.8, 4) is 0 Å². The van der Waals surface area contributed by atoms with Crippen LogP contribution < -0.4 is 10.6 Å². The first kappa shape index (κ1) is 11.0. The molecule has 0 rings (SSSR count). The first-order chi connectivity index (χ1) is 5.02. The van der Waals surface area contributed by atoms with Crippen molar-refractivity contribution in [1.82, 2.24) is 10.6 Å². The maximum absolute atomic E-state index is 8.61. The molecule has 0 amide bonds. The zero-order chi connectivity index (χ0) is 8.85. The Kier molecular flexibility index (Phi) is 5.63. The van der Waals surface area contributed by atoms with E-state index < -0.39 is 0 Å². The second-order valence-corrected chi connectivity index (χ2v) is 4.67. The summed E-state index contributed by atoms with van der Waals surface area (Å²) in [6.07, 6.45) is 0. The van der Waals surface area contributed by atoms with E-state index in [9.17, 15) is 0 Å². The zero-order valence-corrected chi connectivity index (χ0v) is 10.3. The van der Waals surface area contributed by atoms with Gasteiger partial charge in [0.15, 0.2) is 0 Å². The van der Waals surface area contributed by atoms with E-state index >= 15 is 0 Å². The van der Waals surface area contributed by atoms with Crippen LogP contribution in [0.5, 0.6) is 0 Å². The van der Waals surface area contributed by atoms with Gasteiger partial charge in [-0.1, -0.05) is 0 Å². The molecule has 0 saturated heterocycles. The van der Waals surface area contributed by atoms with Crippen molar-refractivity contribution in [1.29, 1.82) is 0 Å². The van der Waals surface area contributed by atoms with Crippen molar-refractivity contribution in [3.63, 3.8) is 0 Å². The summed E-state index contributed by atoms with van der Waals surface area (Å²) in [6, 6.07) is 0. The Morgan fingerprint density at radius 3 is 2.27 bits per heavy atom. The molecule has 0 bridgehead atoms. The molecule has 0 aliphatic heterocycles. The second-order valence-electron chi connectivity index (χ2n) is 1.83. The summed E-state index contributed by atoms with van der Waals surface area (Å²) < 4.78 is 0.0533. The molecule has 1 unspecified atom stereocenters. The van der Waals surface area contributed by atoms with Gasteiger partial charge in [-0.3, -0.25) is 0 Å². The summed E-state index contributed by atoms with van der Waals surface area (Å²) in [4.78, 5) is 0. The van der Waals surface area contributed by atoms with Gasteiger partial charge in [-0.15, -0.1) is 0 Å². The van der Waals surface area contributed by atoms with E-state index in [2.05, 4.69) is 35.1 Å². The standard InChI is InChI=1S/C4H7N2O2S2.Zn/c7-3(9)5-1-2-6-4(8)10;/h1H,2H2,(H2,5,7,9)(H2,6,8,10);. The number of hydrogen-bond donors (Lipinski definition) is 4. The summed E-state index contributed by atoms with van der Waals surface area (Å²) in [7, 11) is 0. The third-order valence-corrected chi connectivity index (χ3v) is 2.12. The number of thiocarbonyl (C=S) groups is 2. The first-order valence-electron chi connectivity index (χ1n) is 2.81. The fraction of sp³-hybridized carbons (Fsp3) is 0.500. The summed E-state index contributed by atoms with van der Waals surface area (Å²) in [6.45, 7) is 0.468. The molecule has 1 atom stereocenters. The van der Waals surface area contributed by atoms with Gasteiger partial charge in [0, 0.05) is 0 Å². The van der Waals surface area contributed by atoms with E-state index in [-0.39, 0.29) is 15.0 Å². The van der Waals surface area contributed by atoms with Crippen LogP contribution in [0.25, 0.3) is 0 Å². The molecule has 0 radical (unpaired) electrons. The van der Waals surface area contributed by atoms with Crippen LogP contribution in [-0.2, 0) is 18.3 Å². The van der Waals surface area contributed by atoms with Gasteiger partial charge in [-0.05, 0) is 0 Å². The molecule has 7 heteroatoms. The molecule has 0 spiro atoms. The second kappa shape index (κ2) is 5.63. The fourth-order valence-electron chi connectivity index (χ4n) is 0.436. The summed E-state index contributed by atoms with van der Waals surface area (Å²) >= 11 is 9.65. The zero-order valence-electron chi connectivity index (χ0n) is 5.70. The SMILES string of the molecule is OC(=S)NC[CH]([Zn])NC(O)=S. The predicted octanol–water partition coefficient (Wildman–Crippen LogP) is -0.276. The van der Waals surface area contributed by atoms with Gasteiger partial charge >= 0.3 is 85.1 Å². The first-order valence-corrected chi connectivity index (χ1v) is 5.34. The number of hydrogen-bond acceptors (Lipinski definition) is 2. The molecule has 0 aliphatic carbocycles. The Hall–Kier alpha value is 0.00338. The molecule has 0 fully saturated rings. The number of nitrogens with one attached hydrogen (secondary N) is 2. The van der Waals surface area contributed by atoms with E-state index in [1.54, 1.807) is 0 Å². The van der Waals surface area contributed by atoms with Crippen LogP contribution in [0.4, 0.5) is 0 Å². The molecule has 11 heavy (non-hydrogen) atoms. The number of aliphatic hydroxyl groups is 2. The molecular formula is C4H7N2O2S2Zn. The molecule has 4 N–H and O–H groups in total. The van der Waals surface area contributed by atoms with Gasteiger partial charge in [0.1, 0.15) is 0 Å². The number of aliphatic hydroxyl groups excluding tert-OH is 2. The number of rotatable bonds is 3. The van der Waals surface area contributed by atoms with Crippen molar-refractivity contribution in [2.45, 2.75) is 4.64 Å². The normalized spacial score (nSPS) is 11.8. The third kappa shape index (κ3) is 7.90. The van der Waals surface area contributed by atoms with Gasteiger partial charge < -0.3 is 0 Å². The van der Waals surface area contributed by atoms with E-state index in [4.69, 9.17) is 10.2 Å². The molecule has 0 aliphatic rings. The van der Waals surface area contributed by atoms with Crippen LogP contribution in [0.2, 0.25) is 0 Å². The Morgan fingerprint density at radius 2 is 1.91 bits per heavy atom. The monoisotopic (exact) mass is 243 g/mol. The quantitative estimate of drug-likeness (QED) is 0.405. The Bertz CT molecular complexity index is 166. The van der Waals surface area contributed by atoms with Crippen LogP contribution in [0.15, 0.2) is 0 Å². The average Bonchev–Trinajstić information content (AvgIpc) is 1.82. The Labute approximate surface area is 85.0 Å². The topological polar surface area (TPSA) is 64.5 Å². The van der Waals surface area contributed by atoms with Crippen molar-refractivity contribution in [3.05, 3.63) is 0 Å². The summed E-state index contributed by atoms with van der Waals surface area (Å²) in [5.41, 5.74) is 0. The van der Waals surface area contributed by atoms with Gasteiger partial charge in [0.05, 0.1) is 0 Å². The molecule has 0 aromatic carbocycles. The summed E-state index contributed by atoms with van der Waals surface area (Å²) in [5, 5.41) is 21.8. The van der Waals surface area contributed by atoms with Crippen LogP contribution in [0.1, 0.15) is 0 Å². The molecule has 0 heterocycles. The molecule has 0 aromatic heterocycles. The average molecular weight is 245 g/mol. The van der Waals surface area contributed by atoms with Gasteiger partial charge in [0.2, 0.25) is 0 Å². The van der Waals surface area contributed by atoms with Gasteiger partial charge in [0.25, 0.3) is 0 Å². The van der Waals surface area contributed by atoms with Crippen LogP contribution >= 0.6 is 24.4 Å². The van der Waals surface area contributed by atoms with Crippen molar-refractivity contribution >= 4 is 34.8 Å². The van der Waals surface area contributed by atoms with Crippen LogP contribution in [-0.4, -0.2) is 31.7 Å². The molecule has 0 aromatic rings. The minimum absolute atomic E-state index is 0.0533. The van der Waals surface area contributed by atoms with Gasteiger partial charge in [-0.25, -0.2) is 0 Å². The van der Waals surface area contributed by atoms with Crippen molar-refractivity contribution in [2.24, 2.45) is 0 Å². The maximum atomic E-state index is 8.61.